The molecule has 0 saturated carbocycles. The van der Waals surface area contributed by atoms with Crippen molar-refractivity contribution in [1.82, 2.24) is 10.6 Å². The van der Waals surface area contributed by atoms with Gasteiger partial charge in [0.1, 0.15) is 0 Å². The van der Waals surface area contributed by atoms with Crippen LogP contribution in [0.5, 0.6) is 0 Å². The van der Waals surface area contributed by atoms with Gasteiger partial charge in [0.2, 0.25) is 0 Å². The van der Waals surface area contributed by atoms with E-state index in [1.54, 1.807) is 7.05 Å². The fraction of sp³-hybridized carbons (Fsp3) is 1.00. The van der Waals surface area contributed by atoms with Crippen LogP contribution >= 0.6 is 0 Å². The molecule has 4 unspecified atom stereocenters. The van der Waals surface area contributed by atoms with Gasteiger partial charge in [0.25, 0.3) is 0 Å². The highest BCUT2D eigenvalue weighted by Crippen LogP contribution is 2.13. The van der Waals surface area contributed by atoms with Gasteiger partial charge in [-0.3, -0.25) is 0 Å². The van der Waals surface area contributed by atoms with Crippen molar-refractivity contribution in [3.05, 3.63) is 0 Å². The van der Waals surface area contributed by atoms with Crippen molar-refractivity contribution in [2.75, 3.05) is 20.2 Å². The van der Waals surface area contributed by atoms with Crippen LogP contribution in [0.1, 0.15) is 0 Å². The minimum absolute atomic E-state index is 0.154. The van der Waals surface area contributed by atoms with Crippen molar-refractivity contribution < 1.29 is 15.3 Å². The molecule has 4 atom stereocenters. The molecule has 12 heavy (non-hydrogen) atoms. The molecular weight excluding hydrogens is 160 g/mol. The van der Waals surface area contributed by atoms with Gasteiger partial charge in [-0.25, -0.2) is 0 Å². The molecule has 5 nitrogen and oxygen atoms in total. The molecule has 72 valence electrons. The smallest absolute Gasteiger partial charge is 0.0989 e. The minimum atomic E-state index is -0.867. The Balaban J connectivity index is 2.48. The fourth-order valence-corrected chi connectivity index (χ4v) is 1.51. The van der Waals surface area contributed by atoms with Gasteiger partial charge in [-0.2, -0.15) is 0 Å². The van der Waals surface area contributed by atoms with E-state index in [4.69, 9.17) is 5.11 Å². The fourth-order valence-electron chi connectivity index (χ4n) is 1.51. The van der Waals surface area contributed by atoms with Gasteiger partial charge in [-0.05, 0) is 7.05 Å². The number of rotatable bonds is 3. The lowest BCUT2D eigenvalue weighted by atomic mass is 10.1. The molecule has 5 heteroatoms. The van der Waals surface area contributed by atoms with E-state index in [2.05, 4.69) is 10.6 Å². The molecule has 1 heterocycles. The zero-order valence-corrected chi connectivity index (χ0v) is 7.07. The summed E-state index contributed by atoms with van der Waals surface area (Å²) in [6.45, 7) is 0.424. The molecule has 0 spiro atoms. The zero-order valence-electron chi connectivity index (χ0n) is 7.07. The predicted molar refractivity (Wildman–Crippen MR) is 43.7 cm³/mol. The summed E-state index contributed by atoms with van der Waals surface area (Å²) in [6.07, 6.45) is -1.66. The number of likely N-dealkylation sites (N-methyl/N-ethyl adjacent to an activating group) is 1. The highest BCUT2D eigenvalue weighted by molar-refractivity contribution is 4.98. The quantitative estimate of drug-likeness (QED) is 0.322. The van der Waals surface area contributed by atoms with Gasteiger partial charge in [0, 0.05) is 12.6 Å². The molecule has 0 aromatic rings. The highest BCUT2D eigenvalue weighted by Gasteiger charge is 2.39. The molecule has 1 fully saturated rings. The van der Waals surface area contributed by atoms with Crippen LogP contribution in [0, 0.1) is 0 Å². The first-order valence-electron chi connectivity index (χ1n) is 4.08. The molecule has 0 amide bonds. The van der Waals surface area contributed by atoms with E-state index in [9.17, 15) is 10.2 Å². The molecule has 1 saturated heterocycles. The Bertz CT molecular complexity index is 145. The lowest BCUT2D eigenvalue weighted by Crippen LogP contribution is -2.41. The number of aliphatic hydroxyl groups is 3. The van der Waals surface area contributed by atoms with Crippen LogP contribution in [-0.2, 0) is 0 Å². The third kappa shape index (κ3) is 1.75. The Morgan fingerprint density at radius 1 is 1.25 bits per heavy atom. The highest BCUT2D eigenvalue weighted by atomic mass is 16.3. The summed E-state index contributed by atoms with van der Waals surface area (Å²) in [5.41, 5.74) is 0. The first kappa shape index (κ1) is 9.88. The van der Waals surface area contributed by atoms with Crippen LogP contribution < -0.4 is 10.6 Å². The standard InChI is InChI=1S/C7H16N2O3/c1-8-2-4-6(11)7(12)5(3-10)9-4/h4-12H,2-3H2,1H3. The summed E-state index contributed by atoms with van der Waals surface area (Å²) in [5, 5.41) is 33.4. The summed E-state index contributed by atoms with van der Waals surface area (Å²) >= 11 is 0. The number of hydrogen-bond acceptors (Lipinski definition) is 5. The average molecular weight is 176 g/mol. The maximum absolute atomic E-state index is 9.43. The summed E-state index contributed by atoms with van der Waals surface area (Å²) < 4.78 is 0. The van der Waals surface area contributed by atoms with E-state index < -0.39 is 18.2 Å². The van der Waals surface area contributed by atoms with E-state index in [-0.39, 0.29) is 12.6 Å². The second-order valence-corrected chi connectivity index (χ2v) is 3.10. The van der Waals surface area contributed by atoms with Crippen molar-refractivity contribution in [3.8, 4) is 0 Å². The van der Waals surface area contributed by atoms with Crippen LogP contribution in [0.2, 0.25) is 0 Å². The zero-order chi connectivity index (χ0) is 9.14. The molecule has 0 aliphatic carbocycles. The maximum Gasteiger partial charge on any atom is 0.0989 e. The number of aliphatic hydroxyl groups excluding tert-OH is 3. The molecule has 0 aromatic heterocycles. The SMILES string of the molecule is CNCC1NC(CO)C(O)C1O. The first-order chi connectivity index (χ1) is 5.70. The Morgan fingerprint density at radius 2 is 1.83 bits per heavy atom. The molecule has 0 radical (unpaired) electrons. The second kappa shape index (κ2) is 4.15. The molecule has 0 aromatic carbocycles. The first-order valence-corrected chi connectivity index (χ1v) is 4.08. The Kier molecular flexibility index (Phi) is 3.42. The normalized spacial score (nSPS) is 42.0. The summed E-state index contributed by atoms with van der Waals surface area (Å²) in [6, 6.07) is -0.583. The van der Waals surface area contributed by atoms with Crippen LogP contribution in [0.4, 0.5) is 0 Å². The predicted octanol–water partition coefficient (Wildman–Crippen LogP) is -2.74. The van der Waals surface area contributed by atoms with E-state index >= 15 is 0 Å². The third-order valence-corrected chi connectivity index (χ3v) is 2.22. The van der Waals surface area contributed by atoms with Crippen molar-refractivity contribution in [2.45, 2.75) is 24.3 Å². The summed E-state index contributed by atoms with van der Waals surface area (Å²) in [4.78, 5) is 0. The van der Waals surface area contributed by atoms with E-state index in [1.807, 2.05) is 0 Å². The monoisotopic (exact) mass is 176 g/mol. The van der Waals surface area contributed by atoms with Crippen molar-refractivity contribution in [3.63, 3.8) is 0 Å². The Labute approximate surface area is 71.4 Å². The Morgan fingerprint density at radius 3 is 2.25 bits per heavy atom. The Hall–Kier alpha value is -0.200. The number of nitrogens with one attached hydrogen (secondary N) is 2. The van der Waals surface area contributed by atoms with Crippen molar-refractivity contribution >= 4 is 0 Å². The molecular formula is C7H16N2O3. The van der Waals surface area contributed by atoms with E-state index in [0.717, 1.165) is 0 Å². The molecule has 1 aliphatic rings. The largest absolute Gasteiger partial charge is 0.395 e. The van der Waals surface area contributed by atoms with Gasteiger partial charge >= 0.3 is 0 Å². The maximum atomic E-state index is 9.43. The molecule has 0 bridgehead atoms. The van der Waals surface area contributed by atoms with Crippen LogP contribution in [0.15, 0.2) is 0 Å². The third-order valence-electron chi connectivity index (χ3n) is 2.22. The van der Waals surface area contributed by atoms with Crippen molar-refractivity contribution in [1.29, 1.82) is 0 Å². The van der Waals surface area contributed by atoms with Crippen LogP contribution in [0.3, 0.4) is 0 Å². The molecule has 1 rings (SSSR count). The van der Waals surface area contributed by atoms with Gasteiger partial charge in [-0.1, -0.05) is 0 Å². The minimum Gasteiger partial charge on any atom is -0.395 e. The van der Waals surface area contributed by atoms with Crippen molar-refractivity contribution in [2.24, 2.45) is 0 Å². The lowest BCUT2D eigenvalue weighted by molar-refractivity contribution is 0.0199. The average Bonchev–Trinajstić information content (AvgIpc) is 2.33. The summed E-state index contributed by atoms with van der Waals surface area (Å²) in [7, 11) is 1.77. The number of hydrogen-bond donors (Lipinski definition) is 5. The van der Waals surface area contributed by atoms with Crippen LogP contribution in [0.25, 0.3) is 0 Å². The van der Waals surface area contributed by atoms with Gasteiger partial charge in [-0.15, -0.1) is 0 Å². The van der Waals surface area contributed by atoms with E-state index in [1.165, 1.54) is 0 Å². The van der Waals surface area contributed by atoms with E-state index in [0.29, 0.717) is 6.54 Å². The second-order valence-electron chi connectivity index (χ2n) is 3.10. The summed E-state index contributed by atoms with van der Waals surface area (Å²) in [5.74, 6) is 0. The van der Waals surface area contributed by atoms with Gasteiger partial charge in [0.15, 0.2) is 0 Å². The van der Waals surface area contributed by atoms with Gasteiger partial charge in [0.05, 0.1) is 24.9 Å². The lowest BCUT2D eigenvalue weighted by Gasteiger charge is -2.14. The van der Waals surface area contributed by atoms with Crippen LogP contribution in [-0.4, -0.2) is 59.8 Å². The molecule has 5 N–H and O–H groups in total. The van der Waals surface area contributed by atoms with Gasteiger partial charge < -0.3 is 26.0 Å². The topological polar surface area (TPSA) is 84.8 Å². The molecule has 1 aliphatic heterocycles.